The van der Waals surface area contributed by atoms with E-state index in [9.17, 15) is 4.79 Å². The molecule has 6 nitrogen and oxygen atoms in total. The minimum atomic E-state index is 0.0453. The van der Waals surface area contributed by atoms with Gasteiger partial charge in [0.05, 0.1) is 19.5 Å². The Bertz CT molecular complexity index is 1270. The third kappa shape index (κ3) is 5.13. The molecule has 5 rings (SSSR count). The van der Waals surface area contributed by atoms with E-state index in [0.29, 0.717) is 38.4 Å². The number of nitrogens with zero attached hydrogens (tertiary/aromatic N) is 2. The van der Waals surface area contributed by atoms with Crippen molar-refractivity contribution in [3.05, 3.63) is 95.5 Å². The number of fused-ring (bicyclic) bond motifs is 1. The van der Waals surface area contributed by atoms with Crippen LogP contribution in [0, 0.1) is 12.8 Å². The standard InChI is InChI=1S/C28H29N3O3/c1-20-2-4-25(16-26(20)30-17-21-6-9-29-10-7-21)28(32)31-11-13-33-19-23(18-31)14-22-3-5-24-8-12-34-27(24)15-22/h2-10,12,15-16,23,30H,11,13-14,17-19H2,1H3/t23-/m1/s1. The Morgan fingerprint density at radius 3 is 2.85 bits per heavy atom. The Kier molecular flexibility index (Phi) is 6.58. The van der Waals surface area contributed by atoms with Gasteiger partial charge in [-0.05, 0) is 66.4 Å². The quantitative estimate of drug-likeness (QED) is 0.439. The molecule has 1 atom stereocenters. The van der Waals surface area contributed by atoms with Gasteiger partial charge < -0.3 is 19.4 Å². The van der Waals surface area contributed by atoms with Crippen LogP contribution in [0.4, 0.5) is 5.69 Å². The fraction of sp³-hybridized carbons (Fsp3) is 0.286. The molecule has 174 valence electrons. The lowest BCUT2D eigenvalue weighted by Crippen LogP contribution is -2.36. The van der Waals surface area contributed by atoms with Gasteiger partial charge >= 0.3 is 0 Å². The maximum absolute atomic E-state index is 13.4. The van der Waals surface area contributed by atoms with Crippen molar-refractivity contribution in [2.24, 2.45) is 5.92 Å². The predicted octanol–water partition coefficient (Wildman–Crippen LogP) is 5.08. The second kappa shape index (κ2) is 10.1. The summed E-state index contributed by atoms with van der Waals surface area (Å²) < 4.78 is 11.4. The molecular formula is C28H29N3O3. The lowest BCUT2D eigenvalue weighted by atomic mass is 9.98. The van der Waals surface area contributed by atoms with Gasteiger partial charge in [-0.25, -0.2) is 0 Å². The first-order chi connectivity index (χ1) is 16.7. The van der Waals surface area contributed by atoms with E-state index < -0.39 is 0 Å². The van der Waals surface area contributed by atoms with Crippen molar-refractivity contribution < 1.29 is 13.9 Å². The number of rotatable bonds is 6. The summed E-state index contributed by atoms with van der Waals surface area (Å²) in [4.78, 5) is 19.4. The third-order valence-corrected chi connectivity index (χ3v) is 6.39. The molecule has 1 N–H and O–H groups in total. The van der Waals surface area contributed by atoms with Crippen LogP contribution in [0.3, 0.4) is 0 Å². The van der Waals surface area contributed by atoms with Gasteiger partial charge in [-0.2, -0.15) is 0 Å². The van der Waals surface area contributed by atoms with E-state index in [2.05, 4.69) is 35.4 Å². The molecule has 1 fully saturated rings. The molecule has 0 spiro atoms. The van der Waals surface area contributed by atoms with Gasteiger partial charge in [0.25, 0.3) is 5.91 Å². The van der Waals surface area contributed by atoms with Crippen LogP contribution in [0.25, 0.3) is 11.0 Å². The molecule has 2 aromatic heterocycles. The molecule has 34 heavy (non-hydrogen) atoms. The molecule has 0 radical (unpaired) electrons. The number of ether oxygens (including phenoxy) is 1. The molecule has 3 heterocycles. The first kappa shape index (κ1) is 22.2. The summed E-state index contributed by atoms with van der Waals surface area (Å²) in [6.07, 6.45) is 6.13. The van der Waals surface area contributed by atoms with Crippen LogP contribution in [-0.2, 0) is 17.7 Å². The number of aromatic nitrogens is 1. The normalized spacial score (nSPS) is 16.4. The Morgan fingerprint density at radius 1 is 1.09 bits per heavy atom. The van der Waals surface area contributed by atoms with Crippen LogP contribution in [0.2, 0.25) is 0 Å². The molecule has 1 aliphatic heterocycles. The van der Waals surface area contributed by atoms with E-state index in [1.165, 1.54) is 5.56 Å². The van der Waals surface area contributed by atoms with Crippen molar-refractivity contribution in [3.8, 4) is 0 Å². The SMILES string of the molecule is Cc1ccc(C(=O)N2CCOC[C@H](Cc3ccc4ccoc4c3)C2)cc1NCc1ccncc1. The predicted molar refractivity (Wildman–Crippen MR) is 133 cm³/mol. The van der Waals surface area contributed by atoms with E-state index in [0.717, 1.165) is 34.2 Å². The summed E-state index contributed by atoms with van der Waals surface area (Å²) in [5.41, 5.74) is 6.01. The third-order valence-electron chi connectivity index (χ3n) is 6.39. The number of anilines is 1. The van der Waals surface area contributed by atoms with Gasteiger partial charge in [-0.3, -0.25) is 9.78 Å². The summed E-state index contributed by atoms with van der Waals surface area (Å²) in [5.74, 6) is 0.276. The van der Waals surface area contributed by atoms with Gasteiger partial charge in [-0.1, -0.05) is 18.2 Å². The van der Waals surface area contributed by atoms with Crippen molar-refractivity contribution in [1.29, 1.82) is 0 Å². The van der Waals surface area contributed by atoms with Crippen LogP contribution in [-0.4, -0.2) is 42.1 Å². The fourth-order valence-corrected chi connectivity index (χ4v) is 4.47. The van der Waals surface area contributed by atoms with E-state index in [1.807, 2.05) is 41.3 Å². The van der Waals surface area contributed by atoms with Crippen molar-refractivity contribution in [1.82, 2.24) is 9.88 Å². The molecular weight excluding hydrogens is 426 g/mol. The first-order valence-electron chi connectivity index (χ1n) is 11.7. The molecule has 0 aliphatic carbocycles. The summed E-state index contributed by atoms with van der Waals surface area (Å²) in [6, 6.07) is 18.1. The zero-order valence-corrected chi connectivity index (χ0v) is 19.4. The molecule has 1 aliphatic rings. The van der Waals surface area contributed by atoms with Gasteiger partial charge in [0.2, 0.25) is 0 Å². The number of hydrogen-bond donors (Lipinski definition) is 1. The molecule has 4 aromatic rings. The van der Waals surface area contributed by atoms with Crippen LogP contribution in [0.1, 0.15) is 27.0 Å². The van der Waals surface area contributed by atoms with Gasteiger partial charge in [0, 0.05) is 54.6 Å². The topological polar surface area (TPSA) is 67.6 Å². The van der Waals surface area contributed by atoms with E-state index in [4.69, 9.17) is 9.15 Å². The number of hydrogen-bond acceptors (Lipinski definition) is 5. The van der Waals surface area contributed by atoms with Gasteiger partial charge in [-0.15, -0.1) is 0 Å². The number of amides is 1. The number of furan rings is 1. The van der Waals surface area contributed by atoms with Gasteiger partial charge in [0.1, 0.15) is 5.58 Å². The lowest BCUT2D eigenvalue weighted by Gasteiger charge is -2.24. The Labute approximate surface area is 199 Å². The molecule has 0 saturated carbocycles. The molecule has 2 aromatic carbocycles. The zero-order chi connectivity index (χ0) is 23.3. The fourth-order valence-electron chi connectivity index (χ4n) is 4.47. The highest BCUT2D eigenvalue weighted by molar-refractivity contribution is 5.95. The number of carbonyl (C=O) groups is 1. The smallest absolute Gasteiger partial charge is 0.254 e. The summed E-state index contributed by atoms with van der Waals surface area (Å²) in [7, 11) is 0. The highest BCUT2D eigenvalue weighted by Crippen LogP contribution is 2.23. The van der Waals surface area contributed by atoms with Crippen molar-refractivity contribution in [2.75, 3.05) is 31.6 Å². The summed E-state index contributed by atoms with van der Waals surface area (Å²) >= 11 is 0. The van der Waals surface area contributed by atoms with E-state index in [1.54, 1.807) is 18.7 Å². The lowest BCUT2D eigenvalue weighted by molar-refractivity contribution is 0.0737. The van der Waals surface area contributed by atoms with E-state index >= 15 is 0 Å². The highest BCUT2D eigenvalue weighted by atomic mass is 16.5. The van der Waals surface area contributed by atoms with Crippen molar-refractivity contribution in [2.45, 2.75) is 19.9 Å². The van der Waals surface area contributed by atoms with Crippen LogP contribution >= 0.6 is 0 Å². The molecule has 0 unspecified atom stereocenters. The van der Waals surface area contributed by atoms with E-state index in [-0.39, 0.29) is 11.8 Å². The summed E-state index contributed by atoms with van der Waals surface area (Å²) in [5, 5.41) is 4.56. The number of carbonyl (C=O) groups excluding carboxylic acids is 1. The maximum atomic E-state index is 13.4. The molecule has 0 bridgehead atoms. The average Bonchev–Trinajstić information content (AvgIpc) is 3.21. The number of nitrogens with one attached hydrogen (secondary N) is 1. The molecule has 1 amide bonds. The van der Waals surface area contributed by atoms with Crippen molar-refractivity contribution >= 4 is 22.6 Å². The molecule has 6 heteroatoms. The minimum Gasteiger partial charge on any atom is -0.464 e. The monoisotopic (exact) mass is 455 g/mol. The zero-order valence-electron chi connectivity index (χ0n) is 19.4. The average molecular weight is 456 g/mol. The Hall–Kier alpha value is -3.64. The molecule has 1 saturated heterocycles. The Balaban J connectivity index is 1.27. The van der Waals surface area contributed by atoms with Crippen molar-refractivity contribution in [3.63, 3.8) is 0 Å². The first-order valence-corrected chi connectivity index (χ1v) is 11.7. The summed E-state index contributed by atoms with van der Waals surface area (Å²) in [6.45, 7) is 5.20. The van der Waals surface area contributed by atoms with Crippen LogP contribution < -0.4 is 5.32 Å². The second-order valence-electron chi connectivity index (χ2n) is 8.93. The van der Waals surface area contributed by atoms with Crippen LogP contribution in [0.15, 0.2) is 77.7 Å². The highest BCUT2D eigenvalue weighted by Gasteiger charge is 2.24. The van der Waals surface area contributed by atoms with Crippen LogP contribution in [0.5, 0.6) is 0 Å². The maximum Gasteiger partial charge on any atom is 0.254 e. The number of aryl methyl sites for hydroxylation is 1. The number of benzene rings is 2. The second-order valence-corrected chi connectivity index (χ2v) is 8.93. The number of pyridine rings is 1. The van der Waals surface area contributed by atoms with Gasteiger partial charge in [0.15, 0.2) is 0 Å². The largest absolute Gasteiger partial charge is 0.464 e. The minimum absolute atomic E-state index is 0.0453. The Morgan fingerprint density at radius 2 is 1.97 bits per heavy atom.